The molecule has 0 aliphatic heterocycles. The van der Waals surface area contributed by atoms with E-state index in [1.165, 1.54) is 0 Å². The third-order valence-electron chi connectivity index (χ3n) is 1.46. The van der Waals surface area contributed by atoms with Gasteiger partial charge >= 0.3 is 0 Å². The van der Waals surface area contributed by atoms with E-state index in [1.807, 2.05) is 6.08 Å². The average molecular weight is 135 g/mol. The van der Waals surface area contributed by atoms with Crippen LogP contribution in [0.15, 0.2) is 24.3 Å². The number of allylic oxidation sites excluding steroid dienone is 3. The van der Waals surface area contributed by atoms with Crippen molar-refractivity contribution in [2.24, 2.45) is 5.92 Å². The summed E-state index contributed by atoms with van der Waals surface area (Å²) in [6.45, 7) is 7.71. The molecule has 0 N–H and O–H groups in total. The first-order valence-corrected chi connectivity index (χ1v) is 3.49. The van der Waals surface area contributed by atoms with Gasteiger partial charge in [0.1, 0.15) is 0 Å². The lowest BCUT2D eigenvalue weighted by Gasteiger charge is -1.98. The van der Waals surface area contributed by atoms with Crippen molar-refractivity contribution in [3.05, 3.63) is 24.3 Å². The van der Waals surface area contributed by atoms with Crippen molar-refractivity contribution in [2.45, 2.75) is 20.3 Å². The van der Waals surface area contributed by atoms with Gasteiger partial charge in [-0.2, -0.15) is 5.26 Å². The lowest BCUT2D eigenvalue weighted by molar-refractivity contribution is 0.696. The van der Waals surface area contributed by atoms with Gasteiger partial charge < -0.3 is 0 Å². The van der Waals surface area contributed by atoms with E-state index in [-0.39, 0.29) is 0 Å². The van der Waals surface area contributed by atoms with Gasteiger partial charge in [-0.3, -0.25) is 0 Å². The minimum absolute atomic E-state index is 0.479. The molecule has 0 aromatic heterocycles. The zero-order valence-electron chi connectivity index (χ0n) is 6.59. The summed E-state index contributed by atoms with van der Waals surface area (Å²) in [5.41, 5.74) is 0.675. The largest absolute Gasteiger partial charge is 0.192 e. The molecule has 0 saturated heterocycles. The Labute approximate surface area is 62.7 Å². The van der Waals surface area contributed by atoms with Gasteiger partial charge in [0, 0.05) is 5.57 Å². The Bertz CT molecular complexity index is 172. The maximum absolute atomic E-state index is 8.48. The fourth-order valence-electron chi connectivity index (χ4n) is 0.575. The van der Waals surface area contributed by atoms with Crippen LogP contribution in [-0.2, 0) is 0 Å². The Kier molecular flexibility index (Phi) is 4.32. The summed E-state index contributed by atoms with van der Waals surface area (Å²) < 4.78 is 0. The van der Waals surface area contributed by atoms with E-state index in [1.54, 1.807) is 6.08 Å². The minimum Gasteiger partial charge on any atom is -0.192 e. The van der Waals surface area contributed by atoms with Crippen molar-refractivity contribution in [1.82, 2.24) is 0 Å². The SMILES string of the molecule is C=CC(C#N)=CC(C)CC. The molecule has 0 rings (SSSR count). The topological polar surface area (TPSA) is 23.8 Å². The Morgan fingerprint density at radius 3 is 2.70 bits per heavy atom. The van der Waals surface area contributed by atoms with Crippen molar-refractivity contribution in [1.29, 1.82) is 5.26 Å². The van der Waals surface area contributed by atoms with Crippen LogP contribution in [0.5, 0.6) is 0 Å². The molecule has 0 spiro atoms. The second-order valence-electron chi connectivity index (χ2n) is 2.32. The summed E-state index contributed by atoms with van der Waals surface area (Å²) in [6, 6.07) is 2.06. The first kappa shape index (κ1) is 8.97. The molecule has 1 nitrogen and oxygen atoms in total. The lowest BCUT2D eigenvalue weighted by atomic mass is 10.1. The first-order chi connectivity index (χ1) is 4.74. The predicted octanol–water partition coefficient (Wildman–Crippen LogP) is 2.67. The number of nitriles is 1. The van der Waals surface area contributed by atoms with Crippen molar-refractivity contribution in [2.75, 3.05) is 0 Å². The van der Waals surface area contributed by atoms with Gasteiger partial charge in [-0.1, -0.05) is 39.0 Å². The second-order valence-corrected chi connectivity index (χ2v) is 2.32. The van der Waals surface area contributed by atoms with E-state index in [4.69, 9.17) is 5.26 Å². The van der Waals surface area contributed by atoms with Crippen LogP contribution in [0.25, 0.3) is 0 Å². The summed E-state index contributed by atoms with van der Waals surface area (Å²) in [5.74, 6) is 0.479. The van der Waals surface area contributed by atoms with Crippen molar-refractivity contribution < 1.29 is 0 Å². The van der Waals surface area contributed by atoms with E-state index in [0.29, 0.717) is 11.5 Å². The quantitative estimate of drug-likeness (QED) is 0.431. The smallest absolute Gasteiger partial charge is 0.0988 e. The minimum atomic E-state index is 0.479. The van der Waals surface area contributed by atoms with E-state index in [0.717, 1.165) is 6.42 Å². The zero-order chi connectivity index (χ0) is 7.98. The van der Waals surface area contributed by atoms with Crippen LogP contribution in [-0.4, -0.2) is 0 Å². The zero-order valence-corrected chi connectivity index (χ0v) is 6.59. The molecule has 0 fully saturated rings. The molecule has 1 atom stereocenters. The lowest BCUT2D eigenvalue weighted by Crippen LogP contribution is -1.86. The molecule has 0 aliphatic carbocycles. The Balaban J connectivity index is 4.13. The van der Waals surface area contributed by atoms with Crippen molar-refractivity contribution in [3.63, 3.8) is 0 Å². The van der Waals surface area contributed by atoms with Gasteiger partial charge in [0.2, 0.25) is 0 Å². The van der Waals surface area contributed by atoms with Crippen LogP contribution >= 0.6 is 0 Å². The van der Waals surface area contributed by atoms with E-state index in [2.05, 4.69) is 26.5 Å². The maximum Gasteiger partial charge on any atom is 0.0988 e. The molecule has 0 heterocycles. The molecule has 10 heavy (non-hydrogen) atoms. The Morgan fingerprint density at radius 1 is 1.80 bits per heavy atom. The first-order valence-electron chi connectivity index (χ1n) is 3.49. The fourth-order valence-corrected chi connectivity index (χ4v) is 0.575. The van der Waals surface area contributed by atoms with Crippen LogP contribution in [0.2, 0.25) is 0 Å². The molecule has 0 saturated carbocycles. The van der Waals surface area contributed by atoms with Gasteiger partial charge in [-0.15, -0.1) is 0 Å². The number of hydrogen-bond acceptors (Lipinski definition) is 1. The molecule has 0 aromatic rings. The van der Waals surface area contributed by atoms with Gasteiger partial charge in [-0.05, 0) is 5.92 Å². The molecular formula is C9H13N. The Morgan fingerprint density at radius 2 is 2.40 bits per heavy atom. The van der Waals surface area contributed by atoms with Gasteiger partial charge in [-0.25, -0.2) is 0 Å². The summed E-state index contributed by atoms with van der Waals surface area (Å²) >= 11 is 0. The fraction of sp³-hybridized carbons (Fsp3) is 0.444. The number of rotatable bonds is 3. The summed E-state index contributed by atoms with van der Waals surface area (Å²) in [6.07, 6.45) is 4.60. The number of nitrogens with zero attached hydrogens (tertiary/aromatic N) is 1. The van der Waals surface area contributed by atoms with Crippen molar-refractivity contribution in [3.8, 4) is 6.07 Å². The van der Waals surface area contributed by atoms with Crippen LogP contribution in [0, 0.1) is 17.2 Å². The Hall–Kier alpha value is -1.03. The molecule has 0 amide bonds. The van der Waals surface area contributed by atoms with E-state index in [9.17, 15) is 0 Å². The normalized spacial score (nSPS) is 13.9. The monoisotopic (exact) mass is 135 g/mol. The third kappa shape index (κ3) is 3.09. The van der Waals surface area contributed by atoms with Crippen LogP contribution in [0.1, 0.15) is 20.3 Å². The summed E-state index contributed by atoms with van der Waals surface area (Å²) in [4.78, 5) is 0. The van der Waals surface area contributed by atoms with E-state index < -0.39 is 0 Å². The van der Waals surface area contributed by atoms with E-state index >= 15 is 0 Å². The third-order valence-corrected chi connectivity index (χ3v) is 1.46. The van der Waals surface area contributed by atoms with Crippen LogP contribution in [0.4, 0.5) is 0 Å². The van der Waals surface area contributed by atoms with Crippen LogP contribution in [0.3, 0.4) is 0 Å². The van der Waals surface area contributed by atoms with Gasteiger partial charge in [0.05, 0.1) is 6.07 Å². The summed E-state index contributed by atoms with van der Waals surface area (Å²) in [5, 5.41) is 8.48. The molecule has 0 aromatic carbocycles. The van der Waals surface area contributed by atoms with Gasteiger partial charge in [0.15, 0.2) is 0 Å². The van der Waals surface area contributed by atoms with Crippen LogP contribution < -0.4 is 0 Å². The summed E-state index contributed by atoms with van der Waals surface area (Å²) in [7, 11) is 0. The highest BCUT2D eigenvalue weighted by Crippen LogP contribution is 2.06. The molecular weight excluding hydrogens is 122 g/mol. The second kappa shape index (κ2) is 4.81. The molecule has 54 valence electrons. The highest BCUT2D eigenvalue weighted by Gasteiger charge is 1.93. The number of hydrogen-bond donors (Lipinski definition) is 0. The molecule has 1 heteroatoms. The molecule has 0 radical (unpaired) electrons. The standard InChI is InChI=1S/C9H13N/c1-4-8(3)6-9(5-2)7-10/h5-6,8H,2,4H2,1,3H3. The predicted molar refractivity (Wildman–Crippen MR) is 43.3 cm³/mol. The molecule has 1 unspecified atom stereocenters. The molecule has 0 bridgehead atoms. The average Bonchev–Trinajstić information content (AvgIpc) is 1.99. The van der Waals surface area contributed by atoms with Crippen molar-refractivity contribution >= 4 is 0 Å². The molecule has 0 aliphatic rings. The highest BCUT2D eigenvalue weighted by molar-refractivity contribution is 5.31. The highest BCUT2D eigenvalue weighted by atomic mass is 14.2. The van der Waals surface area contributed by atoms with Gasteiger partial charge in [0.25, 0.3) is 0 Å². The maximum atomic E-state index is 8.48.